The van der Waals surface area contributed by atoms with Gasteiger partial charge >= 0.3 is 17.9 Å². The summed E-state index contributed by atoms with van der Waals surface area (Å²) in [7, 11) is 0. The van der Waals surface area contributed by atoms with Gasteiger partial charge in [-0.15, -0.1) is 0 Å². The molecule has 2 fully saturated rings. The minimum absolute atomic E-state index is 0.00145. The van der Waals surface area contributed by atoms with E-state index in [-0.39, 0.29) is 22.9 Å². The molecule has 174 valence electrons. The lowest BCUT2D eigenvalue weighted by Gasteiger charge is -2.34. The number of rotatable bonds is 6. The highest BCUT2D eigenvalue weighted by molar-refractivity contribution is 6.34. The van der Waals surface area contributed by atoms with Crippen LogP contribution in [-0.4, -0.2) is 54.3 Å². The molecule has 0 aliphatic carbocycles. The van der Waals surface area contributed by atoms with E-state index in [0.29, 0.717) is 0 Å². The molecule has 0 aromatic heterocycles. The highest BCUT2D eigenvalue weighted by Crippen LogP contribution is 2.54. The van der Waals surface area contributed by atoms with Crippen molar-refractivity contribution in [2.75, 3.05) is 11.5 Å². The number of nitrogens with zero attached hydrogens (tertiary/aromatic N) is 1. The minimum Gasteiger partial charge on any atom is -0.462 e. The molecule has 3 heterocycles. The molecule has 10 nitrogen and oxygen atoms in total. The average molecular weight is 478 g/mol. The number of imide groups is 1. The molecule has 1 aromatic rings. The lowest BCUT2D eigenvalue weighted by molar-refractivity contribution is -0.226. The fourth-order valence-corrected chi connectivity index (χ4v) is 4.68. The van der Waals surface area contributed by atoms with Crippen LogP contribution in [0.1, 0.15) is 31.1 Å². The molecule has 2 amide bonds. The molecule has 2 bridgehead atoms. The van der Waals surface area contributed by atoms with Crippen molar-refractivity contribution in [1.82, 2.24) is 0 Å². The molecule has 2 saturated heterocycles. The largest absolute Gasteiger partial charge is 0.462 e. The number of benzene rings is 1. The fraction of sp³-hybridized carbons (Fsp3) is 0.409. The number of ether oxygens (including phenoxy) is 4. The maximum atomic E-state index is 13.5. The predicted molar refractivity (Wildman–Crippen MR) is 111 cm³/mol. The second kappa shape index (κ2) is 8.27. The molecule has 4 atom stereocenters. The van der Waals surface area contributed by atoms with Gasteiger partial charge < -0.3 is 18.9 Å². The van der Waals surface area contributed by atoms with E-state index in [2.05, 4.69) is 0 Å². The van der Waals surface area contributed by atoms with Crippen LogP contribution in [0.15, 0.2) is 30.4 Å². The Kier molecular flexibility index (Phi) is 5.75. The standard InChI is InChI=1S/C22H20ClNO9/c1-4-30-20(29)13-9-12(5-6-14(13)23)24-18(27)16-15-7-8-22(33-15,17(16)19(24)28)21(31-10(2)25)32-11(3)26/h5-9,15-17,21H,4H2,1-3H3. The molecule has 33 heavy (non-hydrogen) atoms. The van der Waals surface area contributed by atoms with Crippen molar-refractivity contribution in [2.24, 2.45) is 11.8 Å². The molecule has 0 N–H and O–H groups in total. The normalized spacial score (nSPS) is 27.2. The Labute approximate surface area is 193 Å². The Balaban J connectivity index is 1.73. The van der Waals surface area contributed by atoms with E-state index in [4.69, 9.17) is 30.5 Å². The van der Waals surface area contributed by atoms with Gasteiger partial charge in [-0.3, -0.25) is 19.2 Å². The summed E-state index contributed by atoms with van der Waals surface area (Å²) in [4.78, 5) is 63.3. The van der Waals surface area contributed by atoms with Gasteiger partial charge in [0.25, 0.3) is 6.29 Å². The monoisotopic (exact) mass is 477 g/mol. The van der Waals surface area contributed by atoms with Gasteiger partial charge in [0.05, 0.1) is 40.8 Å². The van der Waals surface area contributed by atoms with Crippen LogP contribution in [0.4, 0.5) is 5.69 Å². The molecule has 0 radical (unpaired) electrons. The van der Waals surface area contributed by atoms with Gasteiger partial charge in [0.1, 0.15) is 0 Å². The van der Waals surface area contributed by atoms with Crippen LogP contribution in [0.25, 0.3) is 0 Å². The van der Waals surface area contributed by atoms with Crippen LogP contribution >= 0.6 is 11.6 Å². The third-order valence-electron chi connectivity index (χ3n) is 5.70. The third kappa shape index (κ3) is 3.59. The Morgan fingerprint density at radius 3 is 2.42 bits per heavy atom. The lowest BCUT2D eigenvalue weighted by Crippen LogP contribution is -2.52. The Hall–Kier alpha value is -3.24. The summed E-state index contributed by atoms with van der Waals surface area (Å²) in [6, 6.07) is 4.12. The van der Waals surface area contributed by atoms with Gasteiger partial charge in [-0.2, -0.15) is 0 Å². The van der Waals surface area contributed by atoms with Crippen LogP contribution in [0.2, 0.25) is 5.02 Å². The molecule has 0 spiro atoms. The predicted octanol–water partition coefficient (Wildman–Crippen LogP) is 1.78. The lowest BCUT2D eigenvalue weighted by atomic mass is 9.76. The molecular formula is C22H20ClNO9. The molecule has 11 heteroatoms. The maximum absolute atomic E-state index is 13.5. The van der Waals surface area contributed by atoms with E-state index in [0.717, 1.165) is 18.7 Å². The molecule has 3 aliphatic heterocycles. The van der Waals surface area contributed by atoms with Crippen molar-refractivity contribution < 1.29 is 42.9 Å². The Morgan fingerprint density at radius 2 is 1.82 bits per heavy atom. The highest BCUT2D eigenvalue weighted by Gasteiger charge is 2.72. The molecule has 0 saturated carbocycles. The van der Waals surface area contributed by atoms with E-state index >= 15 is 0 Å². The highest BCUT2D eigenvalue weighted by atomic mass is 35.5. The summed E-state index contributed by atoms with van der Waals surface area (Å²) in [5, 5.41) is 0.0998. The number of amides is 2. The molecule has 4 unspecified atom stereocenters. The third-order valence-corrected chi connectivity index (χ3v) is 6.03. The first kappa shape index (κ1) is 22.9. The topological polar surface area (TPSA) is 126 Å². The van der Waals surface area contributed by atoms with Gasteiger partial charge in [0.15, 0.2) is 5.60 Å². The zero-order chi connectivity index (χ0) is 24.1. The second-order valence-electron chi connectivity index (χ2n) is 7.75. The van der Waals surface area contributed by atoms with Crippen LogP contribution in [0, 0.1) is 11.8 Å². The Bertz CT molecular complexity index is 1080. The summed E-state index contributed by atoms with van der Waals surface area (Å²) in [6.07, 6.45) is 0.695. The number of fused-ring (bicyclic) bond motifs is 5. The van der Waals surface area contributed by atoms with E-state index in [9.17, 15) is 24.0 Å². The quantitative estimate of drug-likeness (QED) is 0.261. The number of hydrogen-bond acceptors (Lipinski definition) is 9. The number of halogens is 1. The fourth-order valence-electron chi connectivity index (χ4n) is 4.49. The SMILES string of the molecule is CCOC(=O)c1cc(N2C(=O)C3C4C=CC(C(OC(C)=O)OC(C)=O)(O4)C3C2=O)ccc1Cl. The van der Waals surface area contributed by atoms with Gasteiger partial charge in [-0.25, -0.2) is 9.69 Å². The van der Waals surface area contributed by atoms with E-state index in [1.165, 1.54) is 24.3 Å². The van der Waals surface area contributed by atoms with Crippen molar-refractivity contribution in [2.45, 2.75) is 38.8 Å². The molecule has 3 aliphatic rings. The smallest absolute Gasteiger partial charge is 0.339 e. The van der Waals surface area contributed by atoms with Crippen molar-refractivity contribution in [1.29, 1.82) is 0 Å². The average Bonchev–Trinajstić information content (AvgIpc) is 3.39. The van der Waals surface area contributed by atoms with Gasteiger partial charge in [0, 0.05) is 13.8 Å². The van der Waals surface area contributed by atoms with Gasteiger partial charge in [-0.1, -0.05) is 17.7 Å². The van der Waals surface area contributed by atoms with Crippen molar-refractivity contribution >= 4 is 47.0 Å². The second-order valence-corrected chi connectivity index (χ2v) is 8.15. The van der Waals surface area contributed by atoms with Crippen LogP contribution < -0.4 is 4.90 Å². The van der Waals surface area contributed by atoms with E-state index < -0.39 is 59.6 Å². The van der Waals surface area contributed by atoms with Crippen molar-refractivity contribution in [3.8, 4) is 0 Å². The zero-order valence-electron chi connectivity index (χ0n) is 17.9. The molecule has 1 aromatic carbocycles. The first-order chi connectivity index (χ1) is 15.6. The maximum Gasteiger partial charge on any atom is 0.339 e. The molecule has 4 rings (SSSR count). The van der Waals surface area contributed by atoms with Crippen LogP contribution in [0.3, 0.4) is 0 Å². The van der Waals surface area contributed by atoms with Crippen molar-refractivity contribution in [3.63, 3.8) is 0 Å². The number of carbonyl (C=O) groups is 5. The Morgan fingerprint density at radius 1 is 1.15 bits per heavy atom. The summed E-state index contributed by atoms with van der Waals surface area (Å²) < 4.78 is 21.2. The molecular weight excluding hydrogens is 458 g/mol. The van der Waals surface area contributed by atoms with E-state index in [1.54, 1.807) is 13.0 Å². The zero-order valence-corrected chi connectivity index (χ0v) is 18.7. The number of anilines is 1. The van der Waals surface area contributed by atoms with Gasteiger partial charge in [0.2, 0.25) is 11.8 Å². The van der Waals surface area contributed by atoms with Crippen LogP contribution in [0.5, 0.6) is 0 Å². The summed E-state index contributed by atoms with van der Waals surface area (Å²) in [5.74, 6) is -5.49. The van der Waals surface area contributed by atoms with Crippen molar-refractivity contribution in [3.05, 3.63) is 40.9 Å². The summed E-state index contributed by atoms with van der Waals surface area (Å²) in [5.41, 5.74) is -1.54. The number of carbonyl (C=O) groups excluding carboxylic acids is 5. The number of hydrogen-bond donors (Lipinski definition) is 0. The van der Waals surface area contributed by atoms with E-state index in [1.807, 2.05) is 0 Å². The van der Waals surface area contributed by atoms with Gasteiger partial charge in [-0.05, 0) is 31.2 Å². The number of esters is 3. The summed E-state index contributed by atoms with van der Waals surface area (Å²) in [6.45, 7) is 3.99. The first-order valence-electron chi connectivity index (χ1n) is 10.2. The summed E-state index contributed by atoms with van der Waals surface area (Å²) >= 11 is 6.10. The first-order valence-corrected chi connectivity index (χ1v) is 10.5. The van der Waals surface area contributed by atoms with Crippen LogP contribution in [-0.2, 0) is 38.1 Å². The minimum atomic E-state index is -1.66.